The third kappa shape index (κ3) is 5.82. The van der Waals surface area contributed by atoms with Crippen molar-refractivity contribution in [1.82, 2.24) is 4.90 Å². The van der Waals surface area contributed by atoms with Crippen molar-refractivity contribution in [3.05, 3.63) is 83.9 Å². The standard InChI is InChI=1S/C20H19BrN2O2S/c1-3-12-23(13-4-2)20(26)25-18-10-8-15(9-11-18)19(24)22-17-7-5-6-16(21)14-17/h3-11,14H,1-2,12-13H2,(H,22,24). The molecule has 0 spiro atoms. The van der Waals surface area contributed by atoms with E-state index in [2.05, 4.69) is 34.4 Å². The number of thiocarbonyl (C=S) groups is 1. The van der Waals surface area contributed by atoms with Crippen LogP contribution in [0.1, 0.15) is 10.4 Å². The largest absolute Gasteiger partial charge is 0.432 e. The molecule has 0 aliphatic rings. The Morgan fingerprint density at radius 1 is 1.15 bits per heavy atom. The zero-order chi connectivity index (χ0) is 18.9. The Hall–Kier alpha value is -2.44. The van der Waals surface area contributed by atoms with Crippen LogP contribution in [0.15, 0.2) is 78.3 Å². The second kappa shape index (κ2) is 9.89. The van der Waals surface area contributed by atoms with Gasteiger partial charge in [0, 0.05) is 28.8 Å². The van der Waals surface area contributed by atoms with Gasteiger partial charge in [-0.15, -0.1) is 13.2 Å². The highest BCUT2D eigenvalue weighted by atomic mass is 79.9. The van der Waals surface area contributed by atoms with Gasteiger partial charge in [0.15, 0.2) is 0 Å². The SMILES string of the molecule is C=CCN(CC=C)C(=S)Oc1ccc(C(=O)Nc2cccc(Br)c2)cc1. The molecule has 2 aromatic carbocycles. The Morgan fingerprint density at radius 3 is 2.38 bits per heavy atom. The lowest BCUT2D eigenvalue weighted by Crippen LogP contribution is -2.33. The van der Waals surface area contributed by atoms with Crippen LogP contribution in [0.25, 0.3) is 0 Å². The van der Waals surface area contributed by atoms with Crippen LogP contribution in [0.3, 0.4) is 0 Å². The number of benzene rings is 2. The molecule has 1 amide bonds. The third-order valence-electron chi connectivity index (χ3n) is 3.36. The average Bonchev–Trinajstić information content (AvgIpc) is 2.62. The van der Waals surface area contributed by atoms with E-state index in [-0.39, 0.29) is 5.91 Å². The van der Waals surface area contributed by atoms with Gasteiger partial charge in [-0.25, -0.2) is 0 Å². The lowest BCUT2D eigenvalue weighted by Gasteiger charge is -2.21. The fraction of sp³-hybridized carbons (Fsp3) is 0.100. The van der Waals surface area contributed by atoms with Gasteiger partial charge in [0.1, 0.15) is 5.75 Å². The Labute approximate surface area is 167 Å². The fourth-order valence-corrected chi connectivity index (χ4v) is 2.79. The second-order valence-corrected chi connectivity index (χ2v) is 6.60. The Kier molecular flexibility index (Phi) is 7.56. The highest BCUT2D eigenvalue weighted by Gasteiger charge is 2.10. The molecule has 0 unspecified atom stereocenters. The van der Waals surface area contributed by atoms with E-state index in [1.165, 1.54) is 0 Å². The smallest absolute Gasteiger partial charge is 0.265 e. The molecule has 2 aromatic rings. The minimum Gasteiger partial charge on any atom is -0.432 e. The van der Waals surface area contributed by atoms with E-state index in [0.717, 1.165) is 10.2 Å². The molecule has 0 saturated carbocycles. The van der Waals surface area contributed by atoms with E-state index in [9.17, 15) is 4.79 Å². The Morgan fingerprint density at radius 2 is 1.81 bits per heavy atom. The molecule has 0 aromatic heterocycles. The summed E-state index contributed by atoms with van der Waals surface area (Å²) in [5, 5.41) is 3.17. The first kappa shape index (κ1) is 19.9. The van der Waals surface area contributed by atoms with Crippen LogP contribution in [-0.4, -0.2) is 29.1 Å². The van der Waals surface area contributed by atoms with Crippen molar-refractivity contribution < 1.29 is 9.53 Å². The molecule has 4 nitrogen and oxygen atoms in total. The zero-order valence-corrected chi connectivity index (χ0v) is 16.6. The molecule has 0 aliphatic carbocycles. The van der Waals surface area contributed by atoms with Crippen LogP contribution < -0.4 is 10.1 Å². The molecular formula is C20H19BrN2O2S. The molecule has 0 bridgehead atoms. The van der Waals surface area contributed by atoms with Crippen LogP contribution in [0.2, 0.25) is 0 Å². The summed E-state index contributed by atoms with van der Waals surface area (Å²) in [4.78, 5) is 14.1. The van der Waals surface area contributed by atoms with Crippen LogP contribution in [-0.2, 0) is 0 Å². The van der Waals surface area contributed by atoms with Crippen molar-refractivity contribution in [1.29, 1.82) is 0 Å². The number of ether oxygens (including phenoxy) is 1. The van der Waals surface area contributed by atoms with E-state index in [1.54, 1.807) is 36.4 Å². The van der Waals surface area contributed by atoms with E-state index in [0.29, 0.717) is 29.6 Å². The number of carbonyl (C=O) groups excluding carboxylic acids is 1. The molecule has 0 saturated heterocycles. The van der Waals surface area contributed by atoms with Gasteiger partial charge in [0.25, 0.3) is 11.1 Å². The summed E-state index contributed by atoms with van der Waals surface area (Å²) in [5.74, 6) is 0.365. The number of rotatable bonds is 7. The summed E-state index contributed by atoms with van der Waals surface area (Å²) in [6.45, 7) is 8.54. The quantitative estimate of drug-likeness (QED) is 0.493. The number of amides is 1. The molecular weight excluding hydrogens is 412 g/mol. The summed E-state index contributed by atoms with van der Waals surface area (Å²) >= 11 is 8.67. The maximum atomic E-state index is 12.3. The van der Waals surface area contributed by atoms with Gasteiger partial charge in [0.2, 0.25) is 0 Å². The van der Waals surface area contributed by atoms with Crippen molar-refractivity contribution in [3.8, 4) is 5.75 Å². The van der Waals surface area contributed by atoms with E-state index >= 15 is 0 Å². The van der Waals surface area contributed by atoms with Crippen molar-refractivity contribution in [2.45, 2.75) is 0 Å². The summed E-state index contributed by atoms with van der Waals surface area (Å²) in [6.07, 6.45) is 3.49. The molecule has 0 atom stereocenters. The van der Waals surface area contributed by atoms with Gasteiger partial charge >= 0.3 is 0 Å². The molecule has 0 heterocycles. The number of nitrogens with one attached hydrogen (secondary N) is 1. The van der Waals surface area contributed by atoms with Gasteiger partial charge in [-0.2, -0.15) is 0 Å². The van der Waals surface area contributed by atoms with E-state index < -0.39 is 0 Å². The van der Waals surface area contributed by atoms with Gasteiger partial charge in [-0.1, -0.05) is 34.1 Å². The van der Waals surface area contributed by atoms with Crippen LogP contribution >= 0.6 is 28.1 Å². The first-order valence-corrected chi connectivity index (χ1v) is 9.09. The number of hydrogen-bond donors (Lipinski definition) is 1. The van der Waals surface area contributed by atoms with Gasteiger partial charge in [-0.05, 0) is 54.7 Å². The second-order valence-electron chi connectivity index (χ2n) is 5.34. The molecule has 1 N–H and O–H groups in total. The summed E-state index contributed by atoms with van der Waals surface area (Å²) in [5.41, 5.74) is 1.24. The topological polar surface area (TPSA) is 41.6 Å². The Bertz CT molecular complexity index is 796. The minimum absolute atomic E-state index is 0.197. The number of hydrogen-bond acceptors (Lipinski definition) is 3. The van der Waals surface area contributed by atoms with Gasteiger partial charge < -0.3 is 15.0 Å². The van der Waals surface area contributed by atoms with Gasteiger partial charge in [0.05, 0.1) is 0 Å². The lowest BCUT2D eigenvalue weighted by molar-refractivity contribution is 0.102. The monoisotopic (exact) mass is 430 g/mol. The number of anilines is 1. The highest BCUT2D eigenvalue weighted by Crippen LogP contribution is 2.18. The van der Waals surface area contributed by atoms with Crippen LogP contribution in [0, 0.1) is 0 Å². The first-order chi connectivity index (χ1) is 12.5. The van der Waals surface area contributed by atoms with Crippen molar-refractivity contribution in [2.24, 2.45) is 0 Å². The molecule has 0 aliphatic heterocycles. The normalized spacial score (nSPS) is 9.88. The number of nitrogens with zero attached hydrogens (tertiary/aromatic N) is 1. The van der Waals surface area contributed by atoms with Gasteiger partial charge in [-0.3, -0.25) is 4.79 Å². The number of carbonyl (C=O) groups is 1. The average molecular weight is 431 g/mol. The molecule has 0 radical (unpaired) electrons. The van der Waals surface area contributed by atoms with Crippen LogP contribution in [0.5, 0.6) is 5.75 Å². The summed E-state index contributed by atoms with van der Waals surface area (Å²) in [7, 11) is 0. The zero-order valence-electron chi connectivity index (χ0n) is 14.2. The van der Waals surface area contributed by atoms with E-state index in [4.69, 9.17) is 17.0 Å². The minimum atomic E-state index is -0.197. The molecule has 6 heteroatoms. The molecule has 134 valence electrons. The van der Waals surface area contributed by atoms with E-state index in [1.807, 2.05) is 29.2 Å². The van der Waals surface area contributed by atoms with Crippen molar-refractivity contribution in [2.75, 3.05) is 18.4 Å². The molecule has 0 fully saturated rings. The van der Waals surface area contributed by atoms with Crippen molar-refractivity contribution in [3.63, 3.8) is 0 Å². The maximum absolute atomic E-state index is 12.3. The third-order valence-corrected chi connectivity index (χ3v) is 4.20. The summed E-state index contributed by atoms with van der Waals surface area (Å²) in [6, 6.07) is 14.2. The van der Waals surface area contributed by atoms with Crippen LogP contribution in [0.4, 0.5) is 5.69 Å². The molecule has 26 heavy (non-hydrogen) atoms. The first-order valence-electron chi connectivity index (χ1n) is 7.89. The predicted molar refractivity (Wildman–Crippen MR) is 114 cm³/mol. The molecule has 2 rings (SSSR count). The Balaban J connectivity index is 2.00. The summed E-state index contributed by atoms with van der Waals surface area (Å²) < 4.78 is 6.57. The van der Waals surface area contributed by atoms with Crippen molar-refractivity contribution >= 4 is 44.9 Å². The number of halogens is 1. The fourth-order valence-electron chi connectivity index (χ4n) is 2.14. The predicted octanol–water partition coefficient (Wildman–Crippen LogP) is 5.04. The maximum Gasteiger partial charge on any atom is 0.265 e. The highest BCUT2D eigenvalue weighted by molar-refractivity contribution is 9.10. The lowest BCUT2D eigenvalue weighted by atomic mass is 10.2.